The van der Waals surface area contributed by atoms with Gasteiger partial charge in [-0.25, -0.2) is 8.94 Å². The predicted octanol–water partition coefficient (Wildman–Crippen LogP) is 2.46. The van der Waals surface area contributed by atoms with Gasteiger partial charge in [-0.1, -0.05) is 18.2 Å². The zero-order valence-corrected chi connectivity index (χ0v) is 10.5. The van der Waals surface area contributed by atoms with E-state index in [0.29, 0.717) is 11.3 Å². The van der Waals surface area contributed by atoms with Crippen LogP contribution in [0.4, 0.5) is 0 Å². The lowest BCUT2D eigenvalue weighted by Gasteiger charge is -1.98. The molecular weight excluding hydrogens is 248 g/mol. The minimum absolute atomic E-state index is 0.0399. The van der Waals surface area contributed by atoms with E-state index in [1.165, 1.54) is 11.5 Å². The van der Waals surface area contributed by atoms with Crippen LogP contribution in [0, 0.1) is 0 Å². The maximum Gasteiger partial charge on any atom is 0.273 e. The van der Waals surface area contributed by atoms with Crippen LogP contribution in [0.15, 0.2) is 47.4 Å². The van der Waals surface area contributed by atoms with Gasteiger partial charge in [-0.3, -0.25) is 4.79 Å². The first-order valence-electron chi connectivity index (χ1n) is 5.41. The Hall–Kier alpha value is -2.14. The second-order valence-corrected chi connectivity index (χ2v) is 4.68. The van der Waals surface area contributed by atoms with E-state index in [4.69, 9.17) is 4.74 Å². The number of nitrogens with zero attached hydrogens (tertiary/aromatic N) is 2. The van der Waals surface area contributed by atoms with Crippen LogP contribution in [0.3, 0.4) is 0 Å². The predicted molar refractivity (Wildman–Crippen MR) is 71.8 cm³/mol. The smallest absolute Gasteiger partial charge is 0.273 e. The van der Waals surface area contributed by atoms with E-state index in [0.717, 1.165) is 10.4 Å². The Balaban J connectivity index is 2.33. The number of fused-ring (bicyclic) bond motifs is 1. The van der Waals surface area contributed by atoms with E-state index < -0.39 is 0 Å². The van der Waals surface area contributed by atoms with Gasteiger partial charge in [-0.15, -0.1) is 0 Å². The summed E-state index contributed by atoms with van der Waals surface area (Å²) >= 11 is 1.34. The normalized spacial score (nSPS) is 10.7. The van der Waals surface area contributed by atoms with Gasteiger partial charge in [0.05, 0.1) is 18.2 Å². The van der Waals surface area contributed by atoms with Crippen LogP contribution < -0.4 is 10.3 Å². The van der Waals surface area contributed by atoms with Gasteiger partial charge in [-0.2, -0.15) is 0 Å². The highest BCUT2D eigenvalue weighted by molar-refractivity contribution is 7.14. The summed E-state index contributed by atoms with van der Waals surface area (Å²) in [5, 5.41) is 0.635. The van der Waals surface area contributed by atoms with Crippen LogP contribution in [0.25, 0.3) is 15.8 Å². The summed E-state index contributed by atoms with van der Waals surface area (Å²) in [6.45, 7) is 0. The first kappa shape index (κ1) is 11.0. The molecule has 2 aromatic heterocycles. The van der Waals surface area contributed by atoms with Crippen LogP contribution >= 0.6 is 11.5 Å². The molecule has 0 aliphatic carbocycles. The van der Waals surface area contributed by atoms with E-state index in [-0.39, 0.29) is 5.56 Å². The minimum atomic E-state index is -0.0399. The van der Waals surface area contributed by atoms with Crippen LogP contribution in [-0.2, 0) is 0 Å². The second kappa shape index (κ2) is 4.27. The molecule has 3 aromatic rings. The molecule has 18 heavy (non-hydrogen) atoms. The lowest BCUT2D eigenvalue weighted by molar-refractivity contribution is 0.404. The Morgan fingerprint density at radius 1 is 1.22 bits per heavy atom. The fourth-order valence-corrected chi connectivity index (χ4v) is 2.87. The molecule has 90 valence electrons. The zero-order valence-electron chi connectivity index (χ0n) is 9.66. The molecule has 3 rings (SSSR count). The highest BCUT2D eigenvalue weighted by atomic mass is 32.1. The maximum atomic E-state index is 12.3. The van der Waals surface area contributed by atoms with Crippen molar-refractivity contribution < 1.29 is 4.74 Å². The first-order valence-corrected chi connectivity index (χ1v) is 6.19. The SMILES string of the molecule is COc1nccc2c(=O)n(-c3ccccc3)sc12. The summed E-state index contributed by atoms with van der Waals surface area (Å²) in [5.41, 5.74) is 0.813. The molecule has 0 amide bonds. The van der Waals surface area contributed by atoms with Gasteiger partial charge in [0.25, 0.3) is 5.56 Å². The Morgan fingerprint density at radius 3 is 2.72 bits per heavy atom. The van der Waals surface area contributed by atoms with Crippen LogP contribution in [-0.4, -0.2) is 16.1 Å². The average Bonchev–Trinajstić information content (AvgIpc) is 2.77. The van der Waals surface area contributed by atoms with Crippen molar-refractivity contribution in [2.45, 2.75) is 0 Å². The summed E-state index contributed by atoms with van der Waals surface area (Å²) in [4.78, 5) is 16.4. The number of rotatable bonds is 2. The number of para-hydroxylation sites is 1. The van der Waals surface area contributed by atoms with E-state index in [2.05, 4.69) is 4.98 Å². The van der Waals surface area contributed by atoms with Gasteiger partial charge in [0.1, 0.15) is 4.70 Å². The van der Waals surface area contributed by atoms with Crippen molar-refractivity contribution in [1.82, 2.24) is 8.94 Å². The molecule has 4 nitrogen and oxygen atoms in total. The molecule has 5 heteroatoms. The van der Waals surface area contributed by atoms with E-state index in [1.807, 2.05) is 30.3 Å². The maximum absolute atomic E-state index is 12.3. The standard InChI is InChI=1S/C13H10N2O2S/c1-17-12-11-10(7-8-14-12)13(16)15(18-11)9-5-3-2-4-6-9/h2-8H,1H3. The molecule has 0 saturated carbocycles. The number of pyridine rings is 1. The van der Waals surface area contributed by atoms with Gasteiger partial charge >= 0.3 is 0 Å². The summed E-state index contributed by atoms with van der Waals surface area (Å²) < 4.78 is 7.60. The van der Waals surface area contributed by atoms with Gasteiger partial charge in [-0.05, 0) is 29.7 Å². The van der Waals surface area contributed by atoms with Gasteiger partial charge < -0.3 is 4.74 Å². The quantitative estimate of drug-likeness (QED) is 0.709. The van der Waals surface area contributed by atoms with Crippen molar-refractivity contribution in [1.29, 1.82) is 0 Å². The molecule has 2 heterocycles. The zero-order chi connectivity index (χ0) is 12.5. The molecule has 0 bridgehead atoms. The van der Waals surface area contributed by atoms with Gasteiger partial charge in [0.15, 0.2) is 0 Å². The summed E-state index contributed by atoms with van der Waals surface area (Å²) in [5.74, 6) is 0.490. The lowest BCUT2D eigenvalue weighted by Crippen LogP contribution is -2.10. The number of methoxy groups -OCH3 is 1. The van der Waals surface area contributed by atoms with Crippen molar-refractivity contribution in [3.63, 3.8) is 0 Å². The van der Waals surface area contributed by atoms with Gasteiger partial charge in [0, 0.05) is 6.20 Å². The summed E-state index contributed by atoms with van der Waals surface area (Å²) in [7, 11) is 1.55. The highest BCUT2D eigenvalue weighted by Crippen LogP contribution is 2.26. The number of hydrogen-bond acceptors (Lipinski definition) is 4. The van der Waals surface area contributed by atoms with Crippen molar-refractivity contribution in [3.05, 3.63) is 52.9 Å². The molecular formula is C13H10N2O2S. The fraction of sp³-hybridized carbons (Fsp3) is 0.0769. The molecule has 0 atom stereocenters. The molecule has 1 aromatic carbocycles. The fourth-order valence-electron chi connectivity index (χ4n) is 1.81. The Labute approximate surface area is 107 Å². The number of aromatic nitrogens is 2. The van der Waals surface area contributed by atoms with Crippen molar-refractivity contribution in [3.8, 4) is 11.6 Å². The Kier molecular flexibility index (Phi) is 2.60. The molecule has 0 unspecified atom stereocenters. The third-order valence-electron chi connectivity index (χ3n) is 2.65. The third kappa shape index (κ3) is 1.60. The largest absolute Gasteiger partial charge is 0.480 e. The summed E-state index contributed by atoms with van der Waals surface area (Å²) in [6.07, 6.45) is 1.59. The van der Waals surface area contributed by atoms with Crippen LogP contribution in [0.5, 0.6) is 5.88 Å². The van der Waals surface area contributed by atoms with Crippen molar-refractivity contribution >= 4 is 21.6 Å². The molecule has 0 fully saturated rings. The lowest BCUT2D eigenvalue weighted by atomic mass is 10.3. The van der Waals surface area contributed by atoms with Crippen LogP contribution in [0.2, 0.25) is 0 Å². The molecule has 0 radical (unpaired) electrons. The Bertz CT molecular complexity index is 747. The van der Waals surface area contributed by atoms with Crippen molar-refractivity contribution in [2.75, 3.05) is 7.11 Å². The molecule has 0 N–H and O–H groups in total. The van der Waals surface area contributed by atoms with Crippen LogP contribution in [0.1, 0.15) is 0 Å². The first-order chi connectivity index (χ1) is 8.81. The average molecular weight is 258 g/mol. The number of ether oxygens (including phenoxy) is 1. The van der Waals surface area contributed by atoms with Gasteiger partial charge in [0.2, 0.25) is 5.88 Å². The highest BCUT2D eigenvalue weighted by Gasteiger charge is 2.13. The van der Waals surface area contributed by atoms with E-state index >= 15 is 0 Å². The Morgan fingerprint density at radius 2 is 2.00 bits per heavy atom. The monoisotopic (exact) mass is 258 g/mol. The second-order valence-electron chi connectivity index (χ2n) is 3.72. The van der Waals surface area contributed by atoms with E-state index in [1.54, 1.807) is 23.3 Å². The number of benzene rings is 1. The molecule has 0 spiro atoms. The number of hydrogen-bond donors (Lipinski definition) is 0. The molecule has 0 aliphatic heterocycles. The van der Waals surface area contributed by atoms with E-state index in [9.17, 15) is 4.79 Å². The van der Waals surface area contributed by atoms with Crippen molar-refractivity contribution in [2.24, 2.45) is 0 Å². The molecule has 0 saturated heterocycles. The topological polar surface area (TPSA) is 44.1 Å². The summed E-state index contributed by atoms with van der Waals surface area (Å²) in [6, 6.07) is 11.2. The minimum Gasteiger partial charge on any atom is -0.480 e. The molecule has 0 aliphatic rings. The third-order valence-corrected chi connectivity index (χ3v) is 3.79.